The number of fused-ring (bicyclic) bond motifs is 1. The van der Waals surface area contributed by atoms with Crippen LogP contribution in [0.4, 0.5) is 4.39 Å². The highest BCUT2D eigenvalue weighted by molar-refractivity contribution is 8.26. The monoisotopic (exact) mass is 515 g/mol. The van der Waals surface area contributed by atoms with Crippen LogP contribution < -0.4 is 20.3 Å². The Balaban J connectivity index is 1.16. The predicted molar refractivity (Wildman–Crippen MR) is 133 cm³/mol. The van der Waals surface area contributed by atoms with Crippen molar-refractivity contribution in [3.05, 3.63) is 64.3 Å². The molecule has 0 spiro atoms. The van der Waals surface area contributed by atoms with E-state index in [-0.39, 0.29) is 30.6 Å². The van der Waals surface area contributed by atoms with Gasteiger partial charge in [-0.25, -0.2) is 4.39 Å². The number of halogens is 1. The molecule has 4 rings (SSSR count). The first-order valence-electron chi connectivity index (χ1n) is 10.9. The summed E-state index contributed by atoms with van der Waals surface area (Å²) in [6, 6.07) is 10.5. The Morgan fingerprint density at radius 1 is 1.06 bits per heavy atom. The maximum absolute atomic E-state index is 12.9. The summed E-state index contributed by atoms with van der Waals surface area (Å²) in [6.45, 7) is 0.652. The fourth-order valence-corrected chi connectivity index (χ4v) is 4.75. The van der Waals surface area contributed by atoms with Gasteiger partial charge in [0.15, 0.2) is 11.5 Å². The zero-order valence-corrected chi connectivity index (χ0v) is 20.2. The van der Waals surface area contributed by atoms with E-state index in [0.29, 0.717) is 46.5 Å². The minimum Gasteiger partial charge on any atom is -0.454 e. The summed E-state index contributed by atoms with van der Waals surface area (Å²) in [6.07, 6.45) is 3.97. The summed E-state index contributed by atoms with van der Waals surface area (Å²) in [5.41, 5.74) is 5.71. The molecular formula is C24H22FN3O5S2. The largest absolute Gasteiger partial charge is 0.454 e. The normalized spacial score (nSPS) is 15.6. The maximum atomic E-state index is 12.9. The number of carbonyl (C=O) groups excluding carboxylic acids is 3. The van der Waals surface area contributed by atoms with E-state index >= 15 is 0 Å². The molecule has 1 fully saturated rings. The molecule has 2 heterocycles. The molecule has 0 aromatic heterocycles. The van der Waals surface area contributed by atoms with Crippen LogP contribution in [0, 0.1) is 5.82 Å². The van der Waals surface area contributed by atoms with Crippen LogP contribution in [0.3, 0.4) is 0 Å². The van der Waals surface area contributed by atoms with Crippen molar-refractivity contribution >= 4 is 52.1 Å². The van der Waals surface area contributed by atoms with Gasteiger partial charge in [-0.2, -0.15) is 0 Å². The van der Waals surface area contributed by atoms with Crippen LogP contribution in [0.25, 0.3) is 6.08 Å². The molecule has 3 amide bonds. The number of benzene rings is 2. The molecule has 0 aliphatic carbocycles. The Morgan fingerprint density at radius 3 is 2.63 bits per heavy atom. The molecule has 182 valence electrons. The van der Waals surface area contributed by atoms with E-state index in [1.807, 2.05) is 12.1 Å². The van der Waals surface area contributed by atoms with Crippen LogP contribution in [-0.2, 0) is 9.59 Å². The Morgan fingerprint density at radius 2 is 1.83 bits per heavy atom. The molecule has 0 radical (unpaired) electrons. The highest BCUT2D eigenvalue weighted by Crippen LogP contribution is 2.36. The first kappa shape index (κ1) is 24.7. The molecule has 0 saturated carbocycles. The van der Waals surface area contributed by atoms with E-state index in [1.165, 1.54) is 36.0 Å². The predicted octanol–water partition coefficient (Wildman–Crippen LogP) is 3.78. The van der Waals surface area contributed by atoms with Crippen molar-refractivity contribution in [1.29, 1.82) is 0 Å². The number of nitrogens with zero attached hydrogens (tertiary/aromatic N) is 1. The van der Waals surface area contributed by atoms with Crippen molar-refractivity contribution in [3.63, 3.8) is 0 Å². The van der Waals surface area contributed by atoms with Crippen LogP contribution in [-0.4, -0.2) is 40.3 Å². The Kier molecular flexibility index (Phi) is 7.98. The van der Waals surface area contributed by atoms with Crippen molar-refractivity contribution < 1.29 is 28.2 Å². The zero-order valence-electron chi connectivity index (χ0n) is 18.5. The zero-order chi connectivity index (χ0) is 24.8. The van der Waals surface area contributed by atoms with Gasteiger partial charge in [0.25, 0.3) is 11.8 Å². The lowest BCUT2D eigenvalue weighted by Crippen LogP contribution is -2.41. The minimum atomic E-state index is -0.526. The van der Waals surface area contributed by atoms with Gasteiger partial charge in [0.2, 0.25) is 12.7 Å². The van der Waals surface area contributed by atoms with Crippen molar-refractivity contribution in [2.75, 3.05) is 13.3 Å². The Bertz CT molecular complexity index is 1190. The molecule has 2 aromatic rings. The topological polar surface area (TPSA) is 97.0 Å². The molecule has 11 heteroatoms. The number of thiocarbonyl (C=S) groups is 1. The summed E-state index contributed by atoms with van der Waals surface area (Å²) in [5.74, 6) is -0.123. The number of nitrogens with one attached hydrogen (secondary N) is 2. The van der Waals surface area contributed by atoms with Gasteiger partial charge in [-0.3, -0.25) is 30.1 Å². The van der Waals surface area contributed by atoms with Crippen LogP contribution >= 0.6 is 24.0 Å². The molecule has 2 N–H and O–H groups in total. The summed E-state index contributed by atoms with van der Waals surface area (Å²) >= 11 is 6.63. The number of carbonyl (C=O) groups is 3. The van der Waals surface area contributed by atoms with E-state index in [2.05, 4.69) is 10.9 Å². The summed E-state index contributed by atoms with van der Waals surface area (Å²) in [7, 11) is 0. The van der Waals surface area contributed by atoms with E-state index in [1.54, 1.807) is 17.0 Å². The van der Waals surface area contributed by atoms with Gasteiger partial charge >= 0.3 is 0 Å². The second-order valence-electron chi connectivity index (χ2n) is 7.77. The van der Waals surface area contributed by atoms with Gasteiger partial charge in [-0.15, -0.1) is 0 Å². The number of hydrogen-bond acceptors (Lipinski definition) is 7. The minimum absolute atomic E-state index is 0.140. The number of rotatable bonds is 8. The number of ether oxygens (including phenoxy) is 2. The smallest absolute Gasteiger partial charge is 0.269 e. The van der Waals surface area contributed by atoms with Crippen molar-refractivity contribution in [2.45, 2.75) is 25.7 Å². The highest BCUT2D eigenvalue weighted by atomic mass is 32.2. The van der Waals surface area contributed by atoms with Gasteiger partial charge in [0.1, 0.15) is 10.1 Å². The van der Waals surface area contributed by atoms with Gasteiger partial charge in [-0.05, 0) is 60.9 Å². The Labute approximate surface area is 210 Å². The van der Waals surface area contributed by atoms with Crippen molar-refractivity contribution in [2.24, 2.45) is 0 Å². The third-order valence-electron chi connectivity index (χ3n) is 5.28. The quantitative estimate of drug-likeness (QED) is 0.239. The molecule has 0 unspecified atom stereocenters. The number of unbranched alkanes of at least 4 members (excludes halogenated alkanes) is 2. The molecular weight excluding hydrogens is 493 g/mol. The SMILES string of the molecule is O=C(CCCCCN1C(=O)/C(=C/c2ccc3c(c2)OCO3)SC1=S)NNC(=O)c1ccc(F)cc1. The second-order valence-corrected chi connectivity index (χ2v) is 9.44. The van der Waals surface area contributed by atoms with Crippen molar-refractivity contribution in [1.82, 2.24) is 15.8 Å². The molecule has 1 saturated heterocycles. The van der Waals surface area contributed by atoms with Gasteiger partial charge in [0, 0.05) is 18.5 Å². The fraction of sp³-hybridized carbons (Fsp3) is 0.250. The second kappa shape index (κ2) is 11.3. The number of hydrogen-bond donors (Lipinski definition) is 2. The fourth-order valence-electron chi connectivity index (χ4n) is 3.44. The van der Waals surface area contributed by atoms with E-state index in [9.17, 15) is 18.8 Å². The van der Waals surface area contributed by atoms with Gasteiger partial charge in [0.05, 0.1) is 4.91 Å². The number of hydrazine groups is 1. The number of amides is 3. The molecule has 2 aliphatic heterocycles. The molecule has 2 aromatic carbocycles. The van der Waals surface area contributed by atoms with Crippen LogP contribution in [0.5, 0.6) is 11.5 Å². The highest BCUT2D eigenvalue weighted by Gasteiger charge is 2.31. The lowest BCUT2D eigenvalue weighted by Gasteiger charge is -2.14. The molecule has 0 atom stereocenters. The van der Waals surface area contributed by atoms with E-state index in [0.717, 1.165) is 5.56 Å². The third-order valence-corrected chi connectivity index (χ3v) is 6.65. The summed E-state index contributed by atoms with van der Waals surface area (Å²) in [4.78, 5) is 38.8. The van der Waals surface area contributed by atoms with Crippen molar-refractivity contribution in [3.8, 4) is 11.5 Å². The number of thioether (sulfide) groups is 1. The van der Waals surface area contributed by atoms with E-state index in [4.69, 9.17) is 21.7 Å². The average molecular weight is 516 g/mol. The molecule has 2 aliphatic rings. The van der Waals surface area contributed by atoms with Crippen LogP contribution in [0.1, 0.15) is 41.6 Å². The third kappa shape index (κ3) is 6.37. The summed E-state index contributed by atoms with van der Waals surface area (Å²) < 4.78 is 24.1. The molecule has 8 nitrogen and oxygen atoms in total. The van der Waals surface area contributed by atoms with Gasteiger partial charge < -0.3 is 9.47 Å². The lowest BCUT2D eigenvalue weighted by molar-refractivity contribution is -0.123. The molecule has 0 bridgehead atoms. The van der Waals surface area contributed by atoms with Crippen LogP contribution in [0.2, 0.25) is 0 Å². The average Bonchev–Trinajstić information content (AvgIpc) is 3.42. The summed E-state index contributed by atoms with van der Waals surface area (Å²) in [5, 5.41) is 0. The van der Waals surface area contributed by atoms with Crippen LogP contribution in [0.15, 0.2) is 47.4 Å². The first-order valence-corrected chi connectivity index (χ1v) is 12.1. The van der Waals surface area contributed by atoms with E-state index < -0.39 is 11.7 Å². The molecule has 35 heavy (non-hydrogen) atoms. The first-order chi connectivity index (χ1) is 16.9. The maximum Gasteiger partial charge on any atom is 0.269 e. The lowest BCUT2D eigenvalue weighted by atomic mass is 10.1. The Hall–Kier alpha value is -3.44. The standard InChI is InChI=1S/C24H22FN3O5S2/c25-17-8-6-16(7-9-17)22(30)27-26-21(29)4-2-1-3-11-28-23(31)20(35-24(28)34)13-15-5-10-18-19(12-15)33-14-32-18/h5-10,12-13H,1-4,11,14H2,(H,26,29)(H,27,30)/b20-13-. The van der Waals surface area contributed by atoms with Gasteiger partial charge in [-0.1, -0.05) is 36.5 Å².